The molecule has 0 saturated heterocycles. The number of aliphatic imine (C=N–C) groups is 1. The van der Waals surface area contributed by atoms with Crippen molar-refractivity contribution >= 4 is 35.2 Å². The van der Waals surface area contributed by atoms with E-state index in [0.29, 0.717) is 28.6 Å². The second-order valence-electron chi connectivity index (χ2n) is 5.06. The van der Waals surface area contributed by atoms with Crippen LogP contribution in [0.15, 0.2) is 59.1 Å². The fourth-order valence-corrected chi connectivity index (χ4v) is 2.31. The van der Waals surface area contributed by atoms with Crippen LogP contribution in [0.3, 0.4) is 0 Å². The maximum absolute atomic E-state index is 12.3. The number of carbonyl (C=O) groups is 1. The molecule has 0 aliphatic carbocycles. The Morgan fingerprint density at radius 3 is 2.52 bits per heavy atom. The predicted molar refractivity (Wildman–Crippen MR) is 101 cm³/mol. The lowest BCUT2D eigenvalue weighted by molar-refractivity contribution is -0.116. The molecule has 0 spiro atoms. The van der Waals surface area contributed by atoms with Crippen molar-refractivity contribution in [3.63, 3.8) is 0 Å². The first-order chi connectivity index (χ1) is 12.1. The molecule has 0 heterocycles. The number of carbonyl (C=O) groups excluding carboxylic acids is 1. The van der Waals surface area contributed by atoms with Crippen LogP contribution in [0.2, 0.25) is 5.02 Å². The lowest BCUT2D eigenvalue weighted by atomic mass is 10.1. The zero-order valence-corrected chi connectivity index (χ0v) is 14.7. The minimum Gasteiger partial charge on any atom is -0.506 e. The molecular weight excluding hydrogens is 340 g/mol. The maximum Gasteiger partial charge on any atom is 0.256 e. The van der Waals surface area contributed by atoms with Crippen LogP contribution >= 0.6 is 11.6 Å². The van der Waals surface area contributed by atoms with Crippen molar-refractivity contribution in [3.8, 4) is 5.75 Å². The number of benzene rings is 2. The Morgan fingerprint density at radius 1 is 1.24 bits per heavy atom. The van der Waals surface area contributed by atoms with E-state index in [-0.39, 0.29) is 11.3 Å². The molecule has 2 rings (SSSR count). The molecule has 0 atom stereocenters. The van der Waals surface area contributed by atoms with Gasteiger partial charge in [0.25, 0.3) is 5.91 Å². The highest BCUT2D eigenvalue weighted by molar-refractivity contribution is 6.32. The number of methoxy groups -OCH3 is 1. The lowest BCUT2D eigenvalue weighted by Gasteiger charge is -2.08. The highest BCUT2D eigenvalue weighted by atomic mass is 35.5. The summed E-state index contributed by atoms with van der Waals surface area (Å²) < 4.78 is 5.09. The van der Waals surface area contributed by atoms with Gasteiger partial charge in [-0.05, 0) is 43.3 Å². The Morgan fingerprint density at radius 2 is 1.92 bits per heavy atom. The summed E-state index contributed by atoms with van der Waals surface area (Å²) in [5, 5.41) is 13.5. The summed E-state index contributed by atoms with van der Waals surface area (Å²) in [5.41, 5.74) is 1.02. The number of nitrogens with one attached hydrogen (secondary N) is 1. The number of aliphatic hydroxyl groups is 1. The summed E-state index contributed by atoms with van der Waals surface area (Å²) in [6, 6.07) is 13.8. The van der Waals surface area contributed by atoms with Gasteiger partial charge in [-0.3, -0.25) is 9.79 Å². The average Bonchev–Trinajstić information content (AvgIpc) is 2.63. The molecule has 0 saturated carbocycles. The van der Waals surface area contributed by atoms with Crippen LogP contribution in [0, 0.1) is 0 Å². The Balaban J connectivity index is 2.41. The number of likely N-dealkylation sites (N-methyl/N-ethyl adjacent to an activating group) is 1. The van der Waals surface area contributed by atoms with Gasteiger partial charge < -0.3 is 15.2 Å². The lowest BCUT2D eigenvalue weighted by Crippen LogP contribution is -2.26. The number of ether oxygens (including phenoxy) is 1. The largest absolute Gasteiger partial charge is 0.506 e. The number of rotatable bonds is 6. The van der Waals surface area contributed by atoms with E-state index in [4.69, 9.17) is 16.3 Å². The van der Waals surface area contributed by atoms with E-state index in [1.54, 1.807) is 62.6 Å². The molecule has 2 aromatic rings. The van der Waals surface area contributed by atoms with Crippen molar-refractivity contribution in [1.29, 1.82) is 0 Å². The van der Waals surface area contributed by atoms with Crippen LogP contribution in [0.5, 0.6) is 5.75 Å². The fraction of sp³-hybridized carbons (Fsp3) is 0.158. The van der Waals surface area contributed by atoms with Crippen LogP contribution in [-0.4, -0.2) is 30.9 Å². The third-order valence-electron chi connectivity index (χ3n) is 3.38. The first-order valence-electron chi connectivity index (χ1n) is 7.71. The number of nitrogens with zero attached hydrogens (tertiary/aromatic N) is 1. The van der Waals surface area contributed by atoms with Gasteiger partial charge in [-0.1, -0.05) is 23.7 Å². The van der Waals surface area contributed by atoms with E-state index in [9.17, 15) is 9.90 Å². The Labute approximate surface area is 151 Å². The van der Waals surface area contributed by atoms with E-state index in [1.165, 1.54) is 6.21 Å². The van der Waals surface area contributed by atoms with Gasteiger partial charge in [0.1, 0.15) is 11.5 Å². The topological polar surface area (TPSA) is 70.9 Å². The molecule has 0 unspecified atom stereocenters. The van der Waals surface area contributed by atoms with Crippen LogP contribution in [0.4, 0.5) is 5.69 Å². The van der Waals surface area contributed by atoms with Crippen LogP contribution in [-0.2, 0) is 4.79 Å². The molecule has 130 valence electrons. The van der Waals surface area contributed by atoms with Crippen LogP contribution in [0.1, 0.15) is 12.5 Å². The highest BCUT2D eigenvalue weighted by Gasteiger charge is 2.16. The summed E-state index contributed by atoms with van der Waals surface area (Å²) in [6.07, 6.45) is 1.32. The molecule has 2 aromatic carbocycles. The van der Waals surface area contributed by atoms with Crippen LogP contribution in [0.25, 0.3) is 5.76 Å². The summed E-state index contributed by atoms with van der Waals surface area (Å²) in [6.45, 7) is 2.22. The molecule has 25 heavy (non-hydrogen) atoms. The Kier molecular flexibility index (Phi) is 6.60. The molecule has 0 bridgehead atoms. The molecule has 2 N–H and O–H groups in total. The summed E-state index contributed by atoms with van der Waals surface area (Å²) >= 11 is 6.11. The van der Waals surface area contributed by atoms with E-state index in [2.05, 4.69) is 10.3 Å². The van der Waals surface area contributed by atoms with Crippen molar-refractivity contribution in [2.75, 3.05) is 13.7 Å². The smallest absolute Gasteiger partial charge is 0.256 e. The molecule has 1 amide bonds. The number of aliphatic hydroxyl groups excluding tert-OH is 1. The molecule has 6 heteroatoms. The van der Waals surface area contributed by atoms with Crippen molar-refractivity contribution in [1.82, 2.24) is 5.32 Å². The van der Waals surface area contributed by atoms with Crippen molar-refractivity contribution in [3.05, 3.63) is 64.7 Å². The third kappa shape index (κ3) is 4.84. The minimum atomic E-state index is -0.433. The quantitative estimate of drug-likeness (QED) is 0.463. The average molecular weight is 359 g/mol. The van der Waals surface area contributed by atoms with Crippen molar-refractivity contribution < 1.29 is 14.6 Å². The zero-order valence-electron chi connectivity index (χ0n) is 14.0. The molecule has 0 aliphatic heterocycles. The highest BCUT2D eigenvalue weighted by Crippen LogP contribution is 2.24. The monoisotopic (exact) mass is 358 g/mol. The second-order valence-corrected chi connectivity index (χ2v) is 5.47. The molecule has 5 nitrogen and oxygen atoms in total. The second kappa shape index (κ2) is 8.89. The van der Waals surface area contributed by atoms with Gasteiger partial charge in [-0.25, -0.2) is 0 Å². The SMILES string of the molecule is CCNC(=O)/C(C=Nc1ccc(OC)cc1)=C(/O)c1ccccc1Cl. The molecule has 0 aromatic heterocycles. The van der Waals surface area contributed by atoms with E-state index >= 15 is 0 Å². The zero-order chi connectivity index (χ0) is 18.2. The van der Waals surface area contributed by atoms with Crippen molar-refractivity contribution in [2.24, 2.45) is 4.99 Å². The summed E-state index contributed by atoms with van der Waals surface area (Å²) in [7, 11) is 1.58. The molecule has 0 fully saturated rings. The van der Waals surface area contributed by atoms with Gasteiger partial charge in [0.15, 0.2) is 0 Å². The van der Waals surface area contributed by atoms with Gasteiger partial charge in [0, 0.05) is 18.3 Å². The first-order valence-corrected chi connectivity index (χ1v) is 8.09. The van der Waals surface area contributed by atoms with Gasteiger partial charge in [0.05, 0.1) is 23.4 Å². The van der Waals surface area contributed by atoms with Gasteiger partial charge in [0.2, 0.25) is 0 Å². The van der Waals surface area contributed by atoms with Gasteiger partial charge in [-0.2, -0.15) is 0 Å². The first kappa shape index (κ1) is 18.5. The van der Waals surface area contributed by atoms with E-state index in [0.717, 1.165) is 0 Å². The number of hydrogen-bond donors (Lipinski definition) is 2. The standard InChI is InChI=1S/C19H19ClN2O3/c1-3-21-19(24)16(18(23)15-6-4-5-7-17(15)20)12-22-13-8-10-14(25-2)11-9-13/h4-12,23H,3H2,1-2H3,(H,21,24)/b18-16+,22-12?. The normalized spacial score (nSPS) is 12.0. The molecule has 0 aliphatic rings. The maximum atomic E-state index is 12.3. The van der Waals surface area contributed by atoms with Crippen LogP contribution < -0.4 is 10.1 Å². The molecule has 0 radical (unpaired) electrons. The van der Waals surface area contributed by atoms with Gasteiger partial charge in [-0.15, -0.1) is 0 Å². The summed E-state index contributed by atoms with van der Waals surface area (Å²) in [4.78, 5) is 16.6. The number of hydrogen-bond acceptors (Lipinski definition) is 4. The van der Waals surface area contributed by atoms with Crippen molar-refractivity contribution in [2.45, 2.75) is 6.92 Å². The fourth-order valence-electron chi connectivity index (χ4n) is 2.09. The van der Waals surface area contributed by atoms with E-state index in [1.807, 2.05) is 0 Å². The van der Waals surface area contributed by atoms with Gasteiger partial charge >= 0.3 is 0 Å². The Hall–Kier alpha value is -2.79. The third-order valence-corrected chi connectivity index (χ3v) is 3.71. The predicted octanol–water partition coefficient (Wildman–Crippen LogP) is 4.16. The Bertz CT molecular complexity index is 799. The number of amides is 1. The minimum absolute atomic E-state index is 0.0331. The summed E-state index contributed by atoms with van der Waals surface area (Å²) in [5.74, 6) is 0.0448. The number of halogens is 1. The molecular formula is C19H19ClN2O3. The van der Waals surface area contributed by atoms with E-state index < -0.39 is 5.91 Å².